The summed E-state index contributed by atoms with van der Waals surface area (Å²) in [5.41, 5.74) is 1.18. The average molecular weight is 305 g/mol. The number of likely N-dealkylation sites (N-methyl/N-ethyl adjacent to an activating group) is 1. The van der Waals surface area contributed by atoms with E-state index in [1.807, 2.05) is 19.4 Å². The average Bonchev–Trinajstić information content (AvgIpc) is 3.11. The lowest BCUT2D eigenvalue weighted by Crippen LogP contribution is -2.49. The fraction of sp³-hybridized carbons (Fsp3) is 0.667. The van der Waals surface area contributed by atoms with Gasteiger partial charge in [-0.2, -0.15) is 5.10 Å². The van der Waals surface area contributed by atoms with Crippen LogP contribution in [0.1, 0.15) is 18.9 Å². The summed E-state index contributed by atoms with van der Waals surface area (Å²) in [4.78, 5) is 28.1. The predicted octanol–water partition coefficient (Wildman–Crippen LogP) is -0.413. The molecule has 120 valence electrons. The van der Waals surface area contributed by atoms with E-state index in [0.717, 1.165) is 26.1 Å². The van der Waals surface area contributed by atoms with Gasteiger partial charge in [-0.15, -0.1) is 0 Å². The second-order valence-corrected chi connectivity index (χ2v) is 6.34. The summed E-state index contributed by atoms with van der Waals surface area (Å²) in [5.74, 6) is 0.315. The highest BCUT2D eigenvalue weighted by Crippen LogP contribution is 2.36. The fourth-order valence-corrected chi connectivity index (χ4v) is 3.91. The molecule has 2 fully saturated rings. The maximum Gasteiger partial charge on any atom is 0.242 e. The number of aryl methyl sites for hydroxylation is 1. The van der Waals surface area contributed by atoms with Crippen LogP contribution in [0.25, 0.3) is 0 Å². The number of hydrogen-bond donors (Lipinski definition) is 1. The first kappa shape index (κ1) is 15.0. The zero-order valence-electron chi connectivity index (χ0n) is 13.3. The van der Waals surface area contributed by atoms with Gasteiger partial charge in [-0.05, 0) is 12.3 Å². The molecule has 0 spiro atoms. The number of aromatic nitrogens is 2. The molecule has 22 heavy (non-hydrogen) atoms. The van der Waals surface area contributed by atoms with Crippen LogP contribution in [-0.2, 0) is 23.2 Å². The maximum atomic E-state index is 12.0. The summed E-state index contributed by atoms with van der Waals surface area (Å²) in [6.07, 6.45) is 4.65. The first-order valence-corrected chi connectivity index (χ1v) is 7.70. The Hall–Kier alpha value is -1.89. The van der Waals surface area contributed by atoms with Crippen molar-refractivity contribution < 1.29 is 9.59 Å². The summed E-state index contributed by atoms with van der Waals surface area (Å²) in [6, 6.07) is -0.158. The number of hydrogen-bond acceptors (Lipinski definition) is 4. The second-order valence-electron chi connectivity index (χ2n) is 6.34. The third-order valence-corrected chi connectivity index (χ3v) is 4.78. The lowest BCUT2D eigenvalue weighted by atomic mass is 10.0. The number of fused-ring (bicyclic) bond motifs is 1. The molecule has 0 aromatic carbocycles. The zero-order chi connectivity index (χ0) is 15.9. The molecule has 7 heteroatoms. The Labute approximate surface area is 130 Å². The molecule has 0 unspecified atom stereocenters. The SMILES string of the molecule is CNC(=O)[C@@H]1C[C@H]2CN(Cc3cnn(C)c3)C[C@H]2N1C(C)=O. The molecule has 2 amide bonds. The minimum absolute atomic E-state index is 0.00988. The fourth-order valence-electron chi connectivity index (χ4n) is 3.91. The van der Waals surface area contributed by atoms with Crippen LogP contribution in [0.5, 0.6) is 0 Å². The van der Waals surface area contributed by atoms with Crippen molar-refractivity contribution in [1.29, 1.82) is 0 Å². The number of likely N-dealkylation sites (tertiary alicyclic amines) is 2. The van der Waals surface area contributed by atoms with Crippen molar-refractivity contribution in [3.05, 3.63) is 18.0 Å². The van der Waals surface area contributed by atoms with Crippen molar-refractivity contribution in [1.82, 2.24) is 24.9 Å². The van der Waals surface area contributed by atoms with Crippen molar-refractivity contribution in [2.45, 2.75) is 32.0 Å². The van der Waals surface area contributed by atoms with E-state index in [9.17, 15) is 9.59 Å². The van der Waals surface area contributed by atoms with Gasteiger partial charge in [0, 0.05) is 58.5 Å². The predicted molar refractivity (Wildman–Crippen MR) is 80.8 cm³/mol. The highest BCUT2D eigenvalue weighted by atomic mass is 16.2. The summed E-state index contributed by atoms with van der Waals surface area (Å²) in [7, 11) is 3.54. The van der Waals surface area contributed by atoms with Gasteiger partial charge in [0.1, 0.15) is 6.04 Å². The smallest absolute Gasteiger partial charge is 0.242 e. The lowest BCUT2D eigenvalue weighted by molar-refractivity contribution is -0.138. The van der Waals surface area contributed by atoms with Crippen LogP contribution in [0.3, 0.4) is 0 Å². The highest BCUT2D eigenvalue weighted by Gasteiger charge is 2.49. The molecular weight excluding hydrogens is 282 g/mol. The Morgan fingerprint density at radius 3 is 2.77 bits per heavy atom. The number of amides is 2. The Morgan fingerprint density at radius 2 is 2.18 bits per heavy atom. The van der Waals surface area contributed by atoms with E-state index in [0.29, 0.717) is 5.92 Å². The van der Waals surface area contributed by atoms with Crippen molar-refractivity contribution >= 4 is 11.8 Å². The monoisotopic (exact) mass is 305 g/mol. The van der Waals surface area contributed by atoms with Gasteiger partial charge in [0.25, 0.3) is 0 Å². The zero-order valence-corrected chi connectivity index (χ0v) is 13.3. The molecule has 2 aliphatic heterocycles. The normalized spacial score (nSPS) is 28.0. The Balaban J connectivity index is 1.69. The molecule has 0 aliphatic carbocycles. The van der Waals surface area contributed by atoms with E-state index in [1.54, 1.807) is 23.6 Å². The maximum absolute atomic E-state index is 12.0. The van der Waals surface area contributed by atoms with Crippen LogP contribution < -0.4 is 5.32 Å². The number of carbonyl (C=O) groups is 2. The molecule has 2 aliphatic rings. The van der Waals surface area contributed by atoms with Gasteiger partial charge in [-0.3, -0.25) is 19.2 Å². The van der Waals surface area contributed by atoms with Crippen molar-refractivity contribution in [2.24, 2.45) is 13.0 Å². The third-order valence-electron chi connectivity index (χ3n) is 4.78. The molecule has 0 saturated carbocycles. The van der Waals surface area contributed by atoms with Gasteiger partial charge in [-0.1, -0.05) is 0 Å². The minimum Gasteiger partial charge on any atom is -0.357 e. The Morgan fingerprint density at radius 1 is 1.41 bits per heavy atom. The van der Waals surface area contributed by atoms with Gasteiger partial charge >= 0.3 is 0 Å². The summed E-state index contributed by atoms with van der Waals surface area (Å²) >= 11 is 0. The van der Waals surface area contributed by atoms with Gasteiger partial charge in [0.2, 0.25) is 11.8 Å². The van der Waals surface area contributed by atoms with E-state index in [4.69, 9.17) is 0 Å². The second kappa shape index (κ2) is 5.72. The number of nitrogens with zero attached hydrogens (tertiary/aromatic N) is 4. The number of rotatable bonds is 3. The highest BCUT2D eigenvalue weighted by molar-refractivity contribution is 5.87. The largest absolute Gasteiger partial charge is 0.357 e. The number of nitrogens with one attached hydrogen (secondary N) is 1. The molecule has 0 bridgehead atoms. The Bertz CT molecular complexity index is 584. The van der Waals surface area contributed by atoms with Crippen molar-refractivity contribution in [3.63, 3.8) is 0 Å². The quantitative estimate of drug-likeness (QED) is 0.824. The topological polar surface area (TPSA) is 70.5 Å². The molecule has 1 aromatic heterocycles. The van der Waals surface area contributed by atoms with E-state index in [2.05, 4.69) is 15.3 Å². The first-order valence-electron chi connectivity index (χ1n) is 7.70. The molecule has 1 N–H and O–H groups in total. The van der Waals surface area contributed by atoms with Crippen LogP contribution in [0.15, 0.2) is 12.4 Å². The van der Waals surface area contributed by atoms with Crippen LogP contribution in [-0.4, -0.2) is 63.6 Å². The minimum atomic E-state index is -0.307. The van der Waals surface area contributed by atoms with Gasteiger partial charge in [0.15, 0.2) is 0 Å². The molecule has 3 atom stereocenters. The van der Waals surface area contributed by atoms with Gasteiger partial charge in [0.05, 0.1) is 6.20 Å². The molecule has 2 saturated heterocycles. The molecule has 3 rings (SSSR count). The van der Waals surface area contributed by atoms with Gasteiger partial charge < -0.3 is 10.2 Å². The van der Waals surface area contributed by atoms with E-state index in [1.165, 1.54) is 5.56 Å². The van der Waals surface area contributed by atoms with E-state index >= 15 is 0 Å². The molecule has 3 heterocycles. The van der Waals surface area contributed by atoms with Crippen LogP contribution in [0.4, 0.5) is 0 Å². The molecule has 1 aromatic rings. The van der Waals surface area contributed by atoms with E-state index < -0.39 is 0 Å². The van der Waals surface area contributed by atoms with Crippen molar-refractivity contribution in [3.8, 4) is 0 Å². The number of carbonyl (C=O) groups excluding carboxylic acids is 2. The third kappa shape index (κ3) is 2.61. The van der Waals surface area contributed by atoms with Crippen LogP contribution in [0, 0.1) is 5.92 Å². The Kier molecular flexibility index (Phi) is 3.90. The molecule has 7 nitrogen and oxygen atoms in total. The van der Waals surface area contributed by atoms with Gasteiger partial charge in [-0.25, -0.2) is 0 Å². The van der Waals surface area contributed by atoms with Crippen LogP contribution >= 0.6 is 0 Å². The summed E-state index contributed by atoms with van der Waals surface area (Å²) in [5, 5.41) is 6.87. The summed E-state index contributed by atoms with van der Waals surface area (Å²) < 4.78 is 1.80. The lowest BCUT2D eigenvalue weighted by Gasteiger charge is -2.28. The van der Waals surface area contributed by atoms with E-state index in [-0.39, 0.29) is 23.9 Å². The molecular formula is C15H23N5O2. The van der Waals surface area contributed by atoms with Crippen molar-refractivity contribution in [2.75, 3.05) is 20.1 Å². The first-order chi connectivity index (χ1) is 10.5. The summed E-state index contributed by atoms with van der Waals surface area (Å²) in [6.45, 7) is 4.16. The molecule has 0 radical (unpaired) electrons. The standard InChI is InChI=1S/C15H23N5O2/c1-10(21)20-13(15(22)16-2)4-12-8-19(9-14(12)20)7-11-5-17-18(3)6-11/h5-6,12-14H,4,7-9H2,1-3H3,(H,16,22)/t12-,13-,14+/m0/s1. The van der Waals surface area contributed by atoms with Crippen LogP contribution in [0.2, 0.25) is 0 Å².